The summed E-state index contributed by atoms with van der Waals surface area (Å²) in [7, 11) is 0. The number of hydrogen-bond acceptors (Lipinski definition) is 3. The summed E-state index contributed by atoms with van der Waals surface area (Å²) in [6.07, 6.45) is 10.4. The Bertz CT molecular complexity index is 807. The van der Waals surface area contributed by atoms with Crippen molar-refractivity contribution in [2.45, 2.75) is 33.0 Å². The van der Waals surface area contributed by atoms with Crippen LogP contribution in [0.15, 0.2) is 66.4 Å². The first-order chi connectivity index (χ1) is 13.3. The highest BCUT2D eigenvalue weighted by molar-refractivity contribution is 5.79. The number of imidazole rings is 1. The summed E-state index contributed by atoms with van der Waals surface area (Å²) in [4.78, 5) is 8.80. The summed E-state index contributed by atoms with van der Waals surface area (Å²) < 4.78 is 4.01. The average Bonchev–Trinajstić information content (AvgIpc) is 3.37. The van der Waals surface area contributed by atoms with E-state index in [4.69, 9.17) is 4.99 Å². The standard InChI is InChI=1S/C20H27N7/c1-2-22-20(23-8-4-11-27-12-5-9-25-27)24-15-18-6-3-7-19(14-18)16-26-13-10-21-17-26/h3,5-7,9-10,12-14,17H,2,4,8,11,15-16H2,1H3,(H2,22,23,24). The van der Waals surface area contributed by atoms with E-state index < -0.39 is 0 Å². The van der Waals surface area contributed by atoms with Crippen molar-refractivity contribution >= 4 is 5.96 Å². The molecule has 0 atom stereocenters. The number of benzene rings is 1. The summed E-state index contributed by atoms with van der Waals surface area (Å²) in [5.41, 5.74) is 2.44. The second kappa shape index (κ2) is 10.2. The van der Waals surface area contributed by atoms with Gasteiger partial charge in [-0.2, -0.15) is 5.10 Å². The van der Waals surface area contributed by atoms with E-state index in [1.807, 2.05) is 29.5 Å². The number of nitrogens with zero attached hydrogens (tertiary/aromatic N) is 5. The number of aliphatic imine (C=N–C) groups is 1. The van der Waals surface area contributed by atoms with Crippen LogP contribution >= 0.6 is 0 Å². The van der Waals surface area contributed by atoms with Crippen molar-refractivity contribution in [3.8, 4) is 0 Å². The molecular weight excluding hydrogens is 338 g/mol. The highest BCUT2D eigenvalue weighted by Crippen LogP contribution is 2.08. The number of nitrogens with one attached hydrogen (secondary N) is 2. The Labute approximate surface area is 160 Å². The highest BCUT2D eigenvalue weighted by Gasteiger charge is 2.00. The van der Waals surface area contributed by atoms with E-state index in [1.54, 1.807) is 12.4 Å². The lowest BCUT2D eigenvalue weighted by Crippen LogP contribution is -2.38. The minimum Gasteiger partial charge on any atom is -0.357 e. The van der Waals surface area contributed by atoms with Gasteiger partial charge in [0.05, 0.1) is 12.9 Å². The molecule has 2 heterocycles. The van der Waals surface area contributed by atoms with E-state index in [9.17, 15) is 0 Å². The Balaban J connectivity index is 1.51. The van der Waals surface area contributed by atoms with E-state index in [0.717, 1.165) is 38.6 Å². The number of rotatable bonds is 9. The van der Waals surface area contributed by atoms with Gasteiger partial charge in [-0.3, -0.25) is 4.68 Å². The molecule has 7 nitrogen and oxygen atoms in total. The first-order valence-corrected chi connectivity index (χ1v) is 9.36. The van der Waals surface area contributed by atoms with Crippen molar-refractivity contribution < 1.29 is 0 Å². The number of aromatic nitrogens is 4. The van der Waals surface area contributed by atoms with Gasteiger partial charge in [0.2, 0.25) is 0 Å². The zero-order valence-electron chi connectivity index (χ0n) is 15.8. The van der Waals surface area contributed by atoms with Gasteiger partial charge in [0.15, 0.2) is 5.96 Å². The molecule has 3 aromatic rings. The number of hydrogen-bond donors (Lipinski definition) is 2. The molecule has 0 aliphatic rings. The lowest BCUT2D eigenvalue weighted by Gasteiger charge is -2.11. The zero-order chi connectivity index (χ0) is 18.7. The minimum absolute atomic E-state index is 0.645. The van der Waals surface area contributed by atoms with Gasteiger partial charge in [-0.05, 0) is 30.5 Å². The molecule has 0 radical (unpaired) electrons. The third-order valence-electron chi connectivity index (χ3n) is 4.10. The predicted molar refractivity (Wildman–Crippen MR) is 107 cm³/mol. The third-order valence-corrected chi connectivity index (χ3v) is 4.10. The van der Waals surface area contributed by atoms with Gasteiger partial charge >= 0.3 is 0 Å². The van der Waals surface area contributed by atoms with Gasteiger partial charge in [-0.15, -0.1) is 0 Å². The molecule has 142 valence electrons. The molecule has 27 heavy (non-hydrogen) atoms. The normalized spacial score (nSPS) is 11.5. The topological polar surface area (TPSA) is 72.1 Å². The van der Waals surface area contributed by atoms with Gasteiger partial charge < -0.3 is 15.2 Å². The van der Waals surface area contributed by atoms with Gasteiger partial charge in [-0.1, -0.05) is 24.3 Å². The maximum Gasteiger partial charge on any atom is 0.191 e. The lowest BCUT2D eigenvalue weighted by molar-refractivity contribution is 0.570. The van der Waals surface area contributed by atoms with Crippen molar-refractivity contribution in [3.05, 3.63) is 72.6 Å². The summed E-state index contributed by atoms with van der Waals surface area (Å²) in [6.45, 7) is 6.13. The first kappa shape index (κ1) is 18.7. The lowest BCUT2D eigenvalue weighted by atomic mass is 10.1. The fourth-order valence-electron chi connectivity index (χ4n) is 2.81. The van der Waals surface area contributed by atoms with Gasteiger partial charge in [-0.25, -0.2) is 9.98 Å². The summed E-state index contributed by atoms with van der Waals surface area (Å²) in [5, 5.41) is 10.9. The molecule has 0 bridgehead atoms. The van der Waals surface area contributed by atoms with E-state index in [-0.39, 0.29) is 0 Å². The van der Waals surface area contributed by atoms with Crippen LogP contribution in [0.3, 0.4) is 0 Å². The minimum atomic E-state index is 0.645. The predicted octanol–water partition coefficient (Wildman–Crippen LogP) is 2.27. The average molecular weight is 365 g/mol. The molecule has 2 N–H and O–H groups in total. The largest absolute Gasteiger partial charge is 0.357 e. The van der Waals surface area contributed by atoms with E-state index >= 15 is 0 Å². The molecule has 0 amide bonds. The van der Waals surface area contributed by atoms with Gasteiger partial charge in [0.25, 0.3) is 0 Å². The van der Waals surface area contributed by atoms with Crippen molar-refractivity contribution in [2.75, 3.05) is 13.1 Å². The fourth-order valence-corrected chi connectivity index (χ4v) is 2.81. The molecule has 7 heteroatoms. The highest BCUT2D eigenvalue weighted by atomic mass is 15.3. The molecule has 0 saturated heterocycles. The molecule has 0 saturated carbocycles. The van der Waals surface area contributed by atoms with E-state index in [2.05, 4.69) is 56.5 Å². The Morgan fingerprint density at radius 2 is 2.04 bits per heavy atom. The monoisotopic (exact) mass is 365 g/mol. The Hall–Kier alpha value is -3.09. The van der Waals surface area contributed by atoms with Crippen molar-refractivity contribution in [3.63, 3.8) is 0 Å². The van der Waals surface area contributed by atoms with Gasteiger partial charge in [0.1, 0.15) is 0 Å². The summed E-state index contributed by atoms with van der Waals surface area (Å²) >= 11 is 0. The van der Waals surface area contributed by atoms with Crippen molar-refractivity contribution in [1.29, 1.82) is 0 Å². The fraction of sp³-hybridized carbons (Fsp3) is 0.350. The second-order valence-corrected chi connectivity index (χ2v) is 6.30. The smallest absolute Gasteiger partial charge is 0.191 e. The molecule has 0 spiro atoms. The maximum atomic E-state index is 4.71. The molecule has 0 unspecified atom stereocenters. The van der Waals surface area contributed by atoms with Crippen LogP contribution in [-0.2, 0) is 19.6 Å². The third kappa shape index (κ3) is 6.29. The molecule has 0 aliphatic carbocycles. The molecule has 0 fully saturated rings. The Kier molecular flexibility index (Phi) is 7.03. The Morgan fingerprint density at radius 1 is 1.11 bits per heavy atom. The summed E-state index contributed by atoms with van der Waals surface area (Å²) in [6, 6.07) is 10.5. The number of guanidine groups is 1. The molecule has 1 aromatic carbocycles. The second-order valence-electron chi connectivity index (χ2n) is 6.30. The van der Waals surface area contributed by atoms with E-state index in [0.29, 0.717) is 6.54 Å². The molecule has 0 aliphatic heterocycles. The van der Waals surface area contributed by atoms with Crippen LogP contribution in [0, 0.1) is 0 Å². The van der Waals surface area contributed by atoms with Crippen LogP contribution in [0.5, 0.6) is 0 Å². The SMILES string of the molecule is CCNC(=NCc1cccc(Cn2ccnc2)c1)NCCCn1cccn1. The number of aryl methyl sites for hydroxylation is 1. The van der Waals surface area contributed by atoms with Crippen LogP contribution in [0.25, 0.3) is 0 Å². The van der Waals surface area contributed by atoms with Crippen molar-refractivity contribution in [2.24, 2.45) is 4.99 Å². The Morgan fingerprint density at radius 3 is 2.81 bits per heavy atom. The van der Waals surface area contributed by atoms with Crippen LogP contribution in [-0.4, -0.2) is 38.4 Å². The molecule has 3 rings (SSSR count). The molecular formula is C20H27N7. The van der Waals surface area contributed by atoms with Crippen molar-refractivity contribution in [1.82, 2.24) is 30.0 Å². The zero-order valence-corrected chi connectivity index (χ0v) is 15.8. The van der Waals surface area contributed by atoms with Crippen LogP contribution in [0.1, 0.15) is 24.5 Å². The maximum absolute atomic E-state index is 4.71. The van der Waals surface area contributed by atoms with Crippen LogP contribution in [0.4, 0.5) is 0 Å². The van der Waals surface area contributed by atoms with Gasteiger partial charge in [0, 0.05) is 51.0 Å². The molecule has 2 aromatic heterocycles. The summed E-state index contributed by atoms with van der Waals surface area (Å²) in [5.74, 6) is 0.845. The first-order valence-electron chi connectivity index (χ1n) is 9.36. The van der Waals surface area contributed by atoms with Crippen LogP contribution in [0.2, 0.25) is 0 Å². The quantitative estimate of drug-likeness (QED) is 0.347. The van der Waals surface area contributed by atoms with E-state index in [1.165, 1.54) is 11.1 Å². The van der Waals surface area contributed by atoms with Crippen LogP contribution < -0.4 is 10.6 Å².